The highest BCUT2D eigenvalue weighted by atomic mass is 16.5. The van der Waals surface area contributed by atoms with Gasteiger partial charge in [0.1, 0.15) is 11.3 Å². The number of β-amino-alcohol motifs (C(OH)–C–C–N with tert-alkyl or cyclic N) is 1. The van der Waals surface area contributed by atoms with Crippen molar-refractivity contribution < 1.29 is 14.6 Å². The average Bonchev–Trinajstić information content (AvgIpc) is 2.93. The molecular formula is C13H22N4O3. The smallest absolute Gasteiger partial charge is 0.225 e. The van der Waals surface area contributed by atoms with Crippen molar-refractivity contribution in [2.24, 2.45) is 0 Å². The normalized spacial score (nSPS) is 23.3. The van der Waals surface area contributed by atoms with Crippen molar-refractivity contribution >= 4 is 5.91 Å². The number of piperidine rings is 1. The van der Waals surface area contributed by atoms with Gasteiger partial charge in [0.05, 0.1) is 31.9 Å². The van der Waals surface area contributed by atoms with Gasteiger partial charge in [-0.25, -0.2) is 0 Å². The number of carbonyl (C=O) groups is 1. The van der Waals surface area contributed by atoms with Gasteiger partial charge >= 0.3 is 0 Å². The van der Waals surface area contributed by atoms with Crippen LogP contribution < -0.4 is 0 Å². The maximum atomic E-state index is 12.1. The van der Waals surface area contributed by atoms with Crippen LogP contribution in [0.3, 0.4) is 0 Å². The third-order valence-corrected chi connectivity index (χ3v) is 3.48. The van der Waals surface area contributed by atoms with Crippen molar-refractivity contribution in [3.05, 3.63) is 11.9 Å². The zero-order chi connectivity index (χ0) is 14.6. The fourth-order valence-corrected chi connectivity index (χ4v) is 2.42. The van der Waals surface area contributed by atoms with E-state index >= 15 is 0 Å². The van der Waals surface area contributed by atoms with Crippen LogP contribution in [0.4, 0.5) is 0 Å². The number of aliphatic hydroxyl groups is 1. The van der Waals surface area contributed by atoms with Crippen LogP contribution in [0.25, 0.3) is 0 Å². The van der Waals surface area contributed by atoms with Gasteiger partial charge in [0.25, 0.3) is 0 Å². The van der Waals surface area contributed by atoms with Gasteiger partial charge in [0.2, 0.25) is 5.91 Å². The van der Waals surface area contributed by atoms with E-state index in [2.05, 4.69) is 15.4 Å². The minimum atomic E-state index is -1.10. The lowest BCUT2D eigenvalue weighted by Gasteiger charge is -2.38. The van der Waals surface area contributed by atoms with Gasteiger partial charge in [-0.05, 0) is 26.7 Å². The third kappa shape index (κ3) is 3.55. The molecule has 0 aliphatic carbocycles. The number of ether oxygens (including phenoxy) is 1. The lowest BCUT2D eigenvalue weighted by atomic mass is 9.90. The van der Waals surface area contributed by atoms with E-state index < -0.39 is 5.60 Å². The van der Waals surface area contributed by atoms with E-state index in [0.717, 1.165) is 6.42 Å². The van der Waals surface area contributed by atoms with Crippen LogP contribution in [0, 0.1) is 0 Å². The molecule has 0 spiro atoms. The highest BCUT2D eigenvalue weighted by Crippen LogP contribution is 2.29. The number of amides is 1. The molecule has 0 aromatic carbocycles. The summed E-state index contributed by atoms with van der Waals surface area (Å²) in [5, 5.41) is 20.8. The predicted octanol–water partition coefficient (Wildman–Crippen LogP) is 0.430. The number of nitrogens with one attached hydrogen (secondary N) is 1. The summed E-state index contributed by atoms with van der Waals surface area (Å²) < 4.78 is 5.39. The number of aromatic amines is 1. The highest BCUT2D eigenvalue weighted by molar-refractivity contribution is 5.76. The van der Waals surface area contributed by atoms with Gasteiger partial charge in [-0.1, -0.05) is 0 Å². The number of hydrogen-bond donors (Lipinski definition) is 2. The second-order valence-corrected chi connectivity index (χ2v) is 5.48. The van der Waals surface area contributed by atoms with E-state index in [1.807, 2.05) is 13.8 Å². The Balaban J connectivity index is 1.91. The number of aromatic nitrogens is 3. The van der Waals surface area contributed by atoms with Gasteiger partial charge in [0.15, 0.2) is 0 Å². The summed E-state index contributed by atoms with van der Waals surface area (Å²) in [6.45, 7) is 5.22. The molecular weight excluding hydrogens is 260 g/mol. The highest BCUT2D eigenvalue weighted by Gasteiger charge is 2.38. The minimum Gasteiger partial charge on any atom is -0.382 e. The Kier molecular flexibility index (Phi) is 4.72. The van der Waals surface area contributed by atoms with Crippen LogP contribution in [-0.4, -0.2) is 57.1 Å². The molecule has 1 aliphatic rings. The van der Waals surface area contributed by atoms with Crippen molar-refractivity contribution in [1.82, 2.24) is 20.3 Å². The van der Waals surface area contributed by atoms with E-state index in [1.54, 1.807) is 4.90 Å². The largest absolute Gasteiger partial charge is 0.382 e. The van der Waals surface area contributed by atoms with E-state index in [9.17, 15) is 9.90 Å². The van der Waals surface area contributed by atoms with E-state index in [-0.39, 0.29) is 18.6 Å². The molecule has 1 saturated heterocycles. The van der Waals surface area contributed by atoms with Crippen molar-refractivity contribution in [3.8, 4) is 0 Å². The molecule has 0 saturated carbocycles. The first-order valence-electron chi connectivity index (χ1n) is 6.99. The third-order valence-electron chi connectivity index (χ3n) is 3.48. The summed E-state index contributed by atoms with van der Waals surface area (Å²) in [7, 11) is 0. The Morgan fingerprint density at radius 3 is 3.10 bits per heavy atom. The second kappa shape index (κ2) is 6.32. The maximum absolute atomic E-state index is 12.1. The van der Waals surface area contributed by atoms with E-state index in [4.69, 9.17) is 4.74 Å². The lowest BCUT2D eigenvalue weighted by Crippen LogP contribution is -2.49. The monoisotopic (exact) mass is 282 g/mol. The summed E-state index contributed by atoms with van der Waals surface area (Å²) in [6.07, 6.45) is 3.31. The Labute approximate surface area is 118 Å². The summed E-state index contributed by atoms with van der Waals surface area (Å²) in [6, 6.07) is 0. The SMILES string of the molecule is CC(C)OCCC(=O)N1CCCC(O)(c2cn[nH]n2)C1. The number of nitrogens with zero attached hydrogens (tertiary/aromatic N) is 3. The van der Waals surface area contributed by atoms with Crippen LogP contribution in [-0.2, 0) is 15.1 Å². The molecule has 2 rings (SSSR count). The quantitative estimate of drug-likeness (QED) is 0.817. The molecule has 0 radical (unpaired) electrons. The van der Waals surface area contributed by atoms with Gasteiger partial charge in [-0.2, -0.15) is 15.4 Å². The maximum Gasteiger partial charge on any atom is 0.225 e. The molecule has 1 aromatic heterocycles. The van der Waals surface area contributed by atoms with Crippen LogP contribution in [0.5, 0.6) is 0 Å². The summed E-state index contributed by atoms with van der Waals surface area (Å²) >= 11 is 0. The molecule has 20 heavy (non-hydrogen) atoms. The second-order valence-electron chi connectivity index (χ2n) is 5.48. The van der Waals surface area contributed by atoms with Crippen LogP contribution >= 0.6 is 0 Å². The standard InChI is InChI=1S/C13H22N4O3/c1-10(2)20-7-4-12(18)17-6-3-5-13(19,9-17)11-8-14-16-15-11/h8,10,19H,3-7,9H2,1-2H3,(H,14,15,16). The zero-order valence-corrected chi connectivity index (χ0v) is 12.0. The molecule has 1 fully saturated rings. The fraction of sp³-hybridized carbons (Fsp3) is 0.769. The average molecular weight is 282 g/mol. The van der Waals surface area contributed by atoms with Crippen molar-refractivity contribution in [2.45, 2.75) is 44.8 Å². The van der Waals surface area contributed by atoms with Gasteiger partial charge in [-0.15, -0.1) is 0 Å². The first kappa shape index (κ1) is 14.9. The molecule has 1 aliphatic heterocycles. The van der Waals surface area contributed by atoms with Gasteiger partial charge < -0.3 is 14.7 Å². The summed E-state index contributed by atoms with van der Waals surface area (Å²) in [4.78, 5) is 13.8. The number of carbonyl (C=O) groups excluding carboxylic acids is 1. The molecule has 7 nitrogen and oxygen atoms in total. The Morgan fingerprint density at radius 2 is 2.45 bits per heavy atom. The molecule has 7 heteroatoms. The first-order valence-corrected chi connectivity index (χ1v) is 6.99. The number of likely N-dealkylation sites (tertiary alicyclic amines) is 1. The Hall–Kier alpha value is -1.47. The van der Waals surface area contributed by atoms with Crippen molar-refractivity contribution in [3.63, 3.8) is 0 Å². The van der Waals surface area contributed by atoms with Crippen LogP contribution in [0.15, 0.2) is 6.20 Å². The van der Waals surface area contributed by atoms with Crippen molar-refractivity contribution in [1.29, 1.82) is 0 Å². The fourth-order valence-electron chi connectivity index (χ4n) is 2.42. The van der Waals surface area contributed by atoms with Crippen molar-refractivity contribution in [2.75, 3.05) is 19.7 Å². The van der Waals surface area contributed by atoms with Crippen LogP contribution in [0.1, 0.15) is 38.8 Å². The molecule has 1 atom stereocenters. The topological polar surface area (TPSA) is 91.3 Å². The number of hydrogen-bond acceptors (Lipinski definition) is 5. The van der Waals surface area contributed by atoms with E-state index in [0.29, 0.717) is 31.7 Å². The van der Waals surface area contributed by atoms with Gasteiger partial charge in [-0.3, -0.25) is 4.79 Å². The van der Waals surface area contributed by atoms with Crippen LogP contribution in [0.2, 0.25) is 0 Å². The summed E-state index contributed by atoms with van der Waals surface area (Å²) in [5.74, 6) is 0.00673. The molecule has 1 amide bonds. The Bertz CT molecular complexity index is 435. The summed E-state index contributed by atoms with van der Waals surface area (Å²) in [5.41, 5.74) is -0.603. The molecule has 0 bridgehead atoms. The van der Waals surface area contributed by atoms with E-state index in [1.165, 1.54) is 6.20 Å². The molecule has 1 aromatic rings. The first-order chi connectivity index (χ1) is 9.51. The molecule has 2 heterocycles. The zero-order valence-electron chi connectivity index (χ0n) is 12.0. The number of rotatable bonds is 5. The molecule has 1 unspecified atom stereocenters. The minimum absolute atomic E-state index is 0.00673. The lowest BCUT2D eigenvalue weighted by molar-refractivity contribution is -0.140. The predicted molar refractivity (Wildman–Crippen MR) is 71.8 cm³/mol. The molecule has 112 valence electrons. The number of H-pyrrole nitrogens is 1. The Morgan fingerprint density at radius 1 is 1.65 bits per heavy atom. The van der Waals surface area contributed by atoms with Gasteiger partial charge in [0, 0.05) is 6.54 Å². The molecule has 2 N–H and O–H groups in total.